The average molecular weight is 230 g/mol. The summed E-state index contributed by atoms with van der Waals surface area (Å²) in [4.78, 5) is 13.7. The highest BCUT2D eigenvalue weighted by Gasteiger charge is 2.11. The van der Waals surface area contributed by atoms with Crippen LogP contribution < -0.4 is 5.73 Å². The Morgan fingerprint density at radius 3 is 2.56 bits per heavy atom. The molecule has 16 heavy (non-hydrogen) atoms. The first-order chi connectivity index (χ1) is 7.76. The summed E-state index contributed by atoms with van der Waals surface area (Å²) in [5.74, 6) is 0.207. The molecule has 0 aliphatic rings. The molecule has 0 aliphatic carbocycles. The fourth-order valence-electron chi connectivity index (χ4n) is 1.49. The highest BCUT2D eigenvalue weighted by atomic mass is 16.5. The summed E-state index contributed by atoms with van der Waals surface area (Å²) in [6.45, 7) is 7.53. The van der Waals surface area contributed by atoms with E-state index in [-0.39, 0.29) is 5.91 Å². The highest BCUT2D eigenvalue weighted by Crippen LogP contribution is 2.01. The van der Waals surface area contributed by atoms with Gasteiger partial charge in [-0.25, -0.2) is 0 Å². The van der Waals surface area contributed by atoms with Crippen LogP contribution in [-0.4, -0.2) is 43.7 Å². The highest BCUT2D eigenvalue weighted by molar-refractivity contribution is 5.76. The van der Waals surface area contributed by atoms with Gasteiger partial charge in [0.2, 0.25) is 5.91 Å². The maximum absolute atomic E-state index is 11.8. The largest absolute Gasteiger partial charge is 0.382 e. The molecule has 0 aromatic carbocycles. The van der Waals surface area contributed by atoms with Crippen LogP contribution in [-0.2, 0) is 9.53 Å². The molecule has 0 rings (SSSR count). The zero-order valence-corrected chi connectivity index (χ0v) is 10.7. The van der Waals surface area contributed by atoms with Gasteiger partial charge in [-0.15, -0.1) is 0 Å². The van der Waals surface area contributed by atoms with E-state index < -0.39 is 0 Å². The van der Waals surface area contributed by atoms with Gasteiger partial charge in [0.1, 0.15) is 0 Å². The van der Waals surface area contributed by atoms with Gasteiger partial charge in [0.15, 0.2) is 0 Å². The number of hydrogen-bond donors (Lipinski definition) is 1. The minimum absolute atomic E-state index is 0.207. The van der Waals surface area contributed by atoms with Crippen molar-refractivity contribution in [2.75, 3.05) is 32.8 Å². The molecule has 0 heterocycles. The maximum Gasteiger partial charge on any atom is 0.222 e. The molecule has 0 saturated carbocycles. The van der Waals surface area contributed by atoms with Crippen molar-refractivity contribution >= 4 is 5.91 Å². The molecule has 0 fully saturated rings. The zero-order valence-electron chi connectivity index (χ0n) is 10.7. The van der Waals surface area contributed by atoms with E-state index in [9.17, 15) is 4.79 Å². The molecule has 2 N–H and O–H groups in total. The lowest BCUT2D eigenvalue weighted by Gasteiger charge is -2.21. The molecular formula is C12H26N2O2. The van der Waals surface area contributed by atoms with Crippen LogP contribution in [0.15, 0.2) is 0 Å². The number of carbonyl (C=O) groups is 1. The van der Waals surface area contributed by atoms with Crippen molar-refractivity contribution in [3.05, 3.63) is 0 Å². The predicted octanol–water partition coefficient (Wildman–Crippen LogP) is 1.39. The van der Waals surface area contributed by atoms with Gasteiger partial charge >= 0.3 is 0 Å². The fraction of sp³-hybridized carbons (Fsp3) is 0.917. The standard InChI is InChI=1S/C12H26N2O2/c1-3-5-9-14(10-8-13)12(15)7-6-11-16-4-2/h3-11,13H2,1-2H3. The number of ether oxygens (including phenoxy) is 1. The Hall–Kier alpha value is -0.610. The number of nitrogens with zero attached hydrogens (tertiary/aromatic N) is 1. The molecule has 0 atom stereocenters. The quantitative estimate of drug-likeness (QED) is 0.577. The summed E-state index contributed by atoms with van der Waals surface area (Å²) < 4.78 is 5.21. The Bertz CT molecular complexity index is 174. The monoisotopic (exact) mass is 230 g/mol. The third kappa shape index (κ3) is 7.65. The van der Waals surface area contributed by atoms with E-state index in [2.05, 4.69) is 6.92 Å². The van der Waals surface area contributed by atoms with Crippen LogP contribution in [0.3, 0.4) is 0 Å². The van der Waals surface area contributed by atoms with Crippen LogP contribution in [0.25, 0.3) is 0 Å². The van der Waals surface area contributed by atoms with Gasteiger partial charge in [-0.05, 0) is 19.8 Å². The Morgan fingerprint density at radius 2 is 2.00 bits per heavy atom. The molecule has 0 aromatic rings. The van der Waals surface area contributed by atoms with Crippen molar-refractivity contribution in [2.24, 2.45) is 5.73 Å². The Balaban J connectivity index is 3.77. The number of nitrogens with two attached hydrogens (primary N) is 1. The summed E-state index contributed by atoms with van der Waals surface area (Å²) in [6, 6.07) is 0. The van der Waals surface area contributed by atoms with Crippen LogP contribution in [0.5, 0.6) is 0 Å². The lowest BCUT2D eigenvalue weighted by molar-refractivity contribution is -0.131. The molecule has 0 unspecified atom stereocenters. The molecule has 0 aliphatic heterocycles. The first-order valence-corrected chi connectivity index (χ1v) is 6.31. The van der Waals surface area contributed by atoms with Crippen molar-refractivity contribution < 1.29 is 9.53 Å². The van der Waals surface area contributed by atoms with Gasteiger partial charge < -0.3 is 15.4 Å². The predicted molar refractivity (Wildman–Crippen MR) is 66.3 cm³/mol. The number of amides is 1. The summed E-state index contributed by atoms with van der Waals surface area (Å²) in [5, 5.41) is 0. The zero-order chi connectivity index (χ0) is 12.2. The second kappa shape index (κ2) is 10.9. The molecule has 0 radical (unpaired) electrons. The number of unbranched alkanes of at least 4 members (excludes halogenated alkanes) is 1. The molecular weight excluding hydrogens is 204 g/mol. The lowest BCUT2D eigenvalue weighted by Crippen LogP contribution is -2.36. The Morgan fingerprint density at radius 1 is 1.25 bits per heavy atom. The van der Waals surface area contributed by atoms with Crippen molar-refractivity contribution in [1.29, 1.82) is 0 Å². The molecule has 4 nitrogen and oxygen atoms in total. The summed E-state index contributed by atoms with van der Waals surface area (Å²) in [5.41, 5.74) is 5.50. The summed E-state index contributed by atoms with van der Waals surface area (Å²) in [6.07, 6.45) is 3.54. The topological polar surface area (TPSA) is 55.6 Å². The molecule has 0 spiro atoms. The van der Waals surface area contributed by atoms with Gasteiger partial charge in [-0.1, -0.05) is 13.3 Å². The minimum atomic E-state index is 0.207. The van der Waals surface area contributed by atoms with Gasteiger partial charge in [-0.3, -0.25) is 4.79 Å². The van der Waals surface area contributed by atoms with Crippen LogP contribution in [0.1, 0.15) is 39.5 Å². The van der Waals surface area contributed by atoms with Crippen LogP contribution in [0.4, 0.5) is 0 Å². The van der Waals surface area contributed by atoms with E-state index in [4.69, 9.17) is 10.5 Å². The summed E-state index contributed by atoms with van der Waals surface area (Å²) >= 11 is 0. The number of carbonyl (C=O) groups excluding carboxylic acids is 1. The van der Waals surface area contributed by atoms with E-state index in [1.165, 1.54) is 0 Å². The van der Waals surface area contributed by atoms with Crippen molar-refractivity contribution in [2.45, 2.75) is 39.5 Å². The third-order valence-corrected chi connectivity index (χ3v) is 2.42. The molecule has 1 amide bonds. The van der Waals surface area contributed by atoms with Crippen molar-refractivity contribution in [3.8, 4) is 0 Å². The van der Waals surface area contributed by atoms with E-state index in [1.54, 1.807) is 0 Å². The van der Waals surface area contributed by atoms with Crippen LogP contribution >= 0.6 is 0 Å². The van der Waals surface area contributed by atoms with Gasteiger partial charge in [0.25, 0.3) is 0 Å². The first kappa shape index (κ1) is 15.4. The van der Waals surface area contributed by atoms with E-state index in [1.807, 2.05) is 11.8 Å². The molecule has 96 valence electrons. The van der Waals surface area contributed by atoms with E-state index in [0.29, 0.717) is 26.1 Å². The second-order valence-electron chi connectivity index (χ2n) is 3.82. The smallest absolute Gasteiger partial charge is 0.222 e. The molecule has 0 aromatic heterocycles. The fourth-order valence-corrected chi connectivity index (χ4v) is 1.49. The maximum atomic E-state index is 11.8. The third-order valence-electron chi connectivity index (χ3n) is 2.42. The van der Waals surface area contributed by atoms with Crippen LogP contribution in [0, 0.1) is 0 Å². The minimum Gasteiger partial charge on any atom is -0.382 e. The van der Waals surface area contributed by atoms with Gasteiger partial charge in [-0.2, -0.15) is 0 Å². The van der Waals surface area contributed by atoms with Gasteiger partial charge in [0, 0.05) is 39.3 Å². The number of hydrogen-bond acceptors (Lipinski definition) is 3. The van der Waals surface area contributed by atoms with E-state index >= 15 is 0 Å². The lowest BCUT2D eigenvalue weighted by atomic mass is 10.2. The SMILES string of the molecule is CCCCN(CCN)C(=O)CCCOCC. The Labute approximate surface area is 99.1 Å². The normalized spacial score (nSPS) is 10.4. The molecule has 4 heteroatoms. The molecule has 0 bridgehead atoms. The van der Waals surface area contributed by atoms with Gasteiger partial charge in [0.05, 0.1) is 0 Å². The van der Waals surface area contributed by atoms with Crippen molar-refractivity contribution in [3.63, 3.8) is 0 Å². The average Bonchev–Trinajstić information content (AvgIpc) is 2.29. The van der Waals surface area contributed by atoms with Crippen LogP contribution in [0.2, 0.25) is 0 Å². The number of rotatable bonds is 10. The van der Waals surface area contributed by atoms with Crippen molar-refractivity contribution in [1.82, 2.24) is 4.90 Å². The summed E-state index contributed by atoms with van der Waals surface area (Å²) in [7, 11) is 0. The van der Waals surface area contributed by atoms with E-state index in [0.717, 1.165) is 32.4 Å². The Kier molecular flexibility index (Phi) is 10.5. The second-order valence-corrected chi connectivity index (χ2v) is 3.82. The first-order valence-electron chi connectivity index (χ1n) is 6.31. The molecule has 0 saturated heterocycles.